The van der Waals surface area contributed by atoms with Gasteiger partial charge in [-0.25, -0.2) is 26.9 Å². The summed E-state index contributed by atoms with van der Waals surface area (Å²) in [4.78, 5) is 21.9. The highest BCUT2D eigenvalue weighted by molar-refractivity contribution is 7.70. The molecule has 0 aliphatic rings. The Labute approximate surface area is 190 Å². The minimum atomic E-state index is -2.69. The molecule has 1 heterocycles. The van der Waals surface area contributed by atoms with Gasteiger partial charge in [0.25, 0.3) is 0 Å². The lowest BCUT2D eigenvalue weighted by molar-refractivity contribution is 0.103. The molecule has 0 saturated heterocycles. The summed E-state index contributed by atoms with van der Waals surface area (Å²) >= 11 is 0. The molecule has 0 aliphatic heterocycles. The zero-order valence-electron chi connectivity index (χ0n) is 17.3. The number of ketones is 1. The van der Waals surface area contributed by atoms with E-state index in [1.165, 1.54) is 18.2 Å². The molecule has 1 aromatic heterocycles. The van der Waals surface area contributed by atoms with Crippen molar-refractivity contribution in [1.82, 2.24) is 14.7 Å². The fourth-order valence-electron chi connectivity index (χ4n) is 3.47. The van der Waals surface area contributed by atoms with Crippen LogP contribution in [0.25, 0.3) is 22.3 Å². The predicted molar refractivity (Wildman–Crippen MR) is 121 cm³/mol. The van der Waals surface area contributed by atoms with Crippen molar-refractivity contribution in [2.24, 2.45) is 0 Å². The molecule has 168 valence electrons. The van der Waals surface area contributed by atoms with E-state index >= 15 is 4.39 Å². The average Bonchev–Trinajstić information content (AvgIpc) is 2.82. The number of aromatic nitrogens is 2. The largest absolute Gasteiger partial charge is 0.288 e. The minimum Gasteiger partial charge on any atom is -0.288 e. The van der Waals surface area contributed by atoms with Crippen molar-refractivity contribution in [1.29, 1.82) is 0 Å². The standard InChI is InChI=1S/C24H19F2N3O3S/c25-18-9-6-15(7-10-18)22-14-27-20-11-8-17(13-21(20)29-22)24(30)19-5-1-3-16(23(19)26)4-2-12-28-33(31)32/h1,3,5-11,13-14,33H,2,4,12H2,(H,28,31,32). The van der Waals surface area contributed by atoms with Gasteiger partial charge in [-0.3, -0.25) is 9.78 Å². The normalized spacial score (nSPS) is 11.2. The molecule has 9 heteroatoms. The van der Waals surface area contributed by atoms with Crippen molar-refractivity contribution in [2.75, 3.05) is 6.54 Å². The summed E-state index contributed by atoms with van der Waals surface area (Å²) in [6.07, 6.45) is 2.25. The summed E-state index contributed by atoms with van der Waals surface area (Å²) < 4.78 is 51.6. The van der Waals surface area contributed by atoms with Crippen molar-refractivity contribution in [2.45, 2.75) is 12.8 Å². The van der Waals surface area contributed by atoms with Crippen LogP contribution in [0.1, 0.15) is 27.9 Å². The lowest BCUT2D eigenvalue weighted by Crippen LogP contribution is -2.14. The van der Waals surface area contributed by atoms with E-state index in [0.29, 0.717) is 34.3 Å². The fraction of sp³-hybridized carbons (Fsp3) is 0.125. The first-order valence-corrected chi connectivity index (χ1v) is 11.3. The molecule has 4 aromatic rings. The van der Waals surface area contributed by atoms with Crippen LogP contribution < -0.4 is 4.72 Å². The number of nitrogens with zero attached hydrogens (tertiary/aromatic N) is 2. The molecular weight excluding hydrogens is 448 g/mol. The van der Waals surface area contributed by atoms with Gasteiger partial charge in [-0.05, 0) is 66.9 Å². The number of carbonyl (C=O) groups excluding carboxylic acids is 1. The lowest BCUT2D eigenvalue weighted by Gasteiger charge is -2.09. The third-order valence-corrected chi connectivity index (χ3v) is 5.61. The molecule has 0 spiro atoms. The Balaban J connectivity index is 1.61. The van der Waals surface area contributed by atoms with Crippen LogP contribution >= 0.6 is 0 Å². The van der Waals surface area contributed by atoms with E-state index in [0.717, 1.165) is 0 Å². The summed E-state index contributed by atoms with van der Waals surface area (Å²) in [6.45, 7) is 0.191. The van der Waals surface area contributed by atoms with Crippen LogP contribution in [0.15, 0.2) is 66.9 Å². The number of nitrogens with one attached hydrogen (secondary N) is 1. The average molecular weight is 467 g/mol. The zero-order valence-corrected chi connectivity index (χ0v) is 18.2. The molecule has 6 nitrogen and oxygen atoms in total. The minimum absolute atomic E-state index is 0.0719. The molecule has 0 atom stereocenters. The third kappa shape index (κ3) is 5.27. The Morgan fingerprint density at radius 1 is 0.970 bits per heavy atom. The Kier molecular flexibility index (Phi) is 6.81. The molecule has 0 saturated carbocycles. The Hall–Kier alpha value is -3.56. The summed E-state index contributed by atoms with van der Waals surface area (Å²) in [7, 11) is -2.69. The van der Waals surface area contributed by atoms with Crippen LogP contribution in [0.5, 0.6) is 0 Å². The number of benzene rings is 3. The van der Waals surface area contributed by atoms with Crippen molar-refractivity contribution in [3.05, 3.63) is 95.2 Å². The van der Waals surface area contributed by atoms with E-state index < -0.39 is 22.5 Å². The molecule has 1 N–H and O–H groups in total. The molecular formula is C24H19F2N3O3S. The molecule has 33 heavy (non-hydrogen) atoms. The van der Waals surface area contributed by atoms with Crippen LogP contribution in [-0.4, -0.2) is 30.7 Å². The zero-order chi connectivity index (χ0) is 23.4. The highest BCUT2D eigenvalue weighted by atomic mass is 32.2. The monoisotopic (exact) mass is 467 g/mol. The Morgan fingerprint density at radius 2 is 1.76 bits per heavy atom. The van der Waals surface area contributed by atoms with Crippen LogP contribution in [0.4, 0.5) is 8.78 Å². The second kappa shape index (κ2) is 9.93. The number of halogens is 2. The molecule has 0 unspecified atom stereocenters. The van der Waals surface area contributed by atoms with Gasteiger partial charge < -0.3 is 0 Å². The van der Waals surface area contributed by atoms with Gasteiger partial charge in [0.2, 0.25) is 10.9 Å². The highest BCUT2D eigenvalue weighted by Gasteiger charge is 2.17. The Morgan fingerprint density at radius 3 is 2.52 bits per heavy atom. The van der Waals surface area contributed by atoms with E-state index in [1.54, 1.807) is 48.7 Å². The predicted octanol–water partition coefficient (Wildman–Crippen LogP) is 3.85. The first-order chi connectivity index (χ1) is 15.9. The molecule has 0 fully saturated rings. The van der Waals surface area contributed by atoms with Gasteiger partial charge in [0.15, 0.2) is 5.78 Å². The fourth-order valence-corrected chi connectivity index (χ4v) is 3.81. The first-order valence-electron chi connectivity index (χ1n) is 10.1. The van der Waals surface area contributed by atoms with E-state index in [-0.39, 0.29) is 29.9 Å². The van der Waals surface area contributed by atoms with Gasteiger partial charge in [-0.1, -0.05) is 12.1 Å². The quantitative estimate of drug-likeness (QED) is 0.233. The van der Waals surface area contributed by atoms with Gasteiger partial charge in [0.1, 0.15) is 11.6 Å². The third-order valence-electron chi connectivity index (χ3n) is 5.13. The number of carbonyl (C=O) groups is 1. The summed E-state index contributed by atoms with van der Waals surface area (Å²) in [5.74, 6) is -1.48. The van der Waals surface area contributed by atoms with Crippen LogP contribution in [0.3, 0.4) is 0 Å². The number of hydrogen-bond donors (Lipinski definition) is 2. The first kappa shape index (κ1) is 22.6. The van der Waals surface area contributed by atoms with Crippen LogP contribution in [-0.2, 0) is 17.3 Å². The van der Waals surface area contributed by atoms with Crippen LogP contribution in [0, 0.1) is 11.6 Å². The van der Waals surface area contributed by atoms with Gasteiger partial charge >= 0.3 is 0 Å². The smallest absolute Gasteiger partial charge is 0.201 e. The summed E-state index contributed by atoms with van der Waals surface area (Å²) in [6, 6.07) is 15.2. The number of fused-ring (bicyclic) bond motifs is 1. The second-order valence-electron chi connectivity index (χ2n) is 7.34. The number of hydrogen-bond acceptors (Lipinski definition) is 5. The molecule has 0 aliphatic carbocycles. The maximum atomic E-state index is 15.0. The number of thiol groups is 1. The molecule has 3 aromatic carbocycles. The summed E-state index contributed by atoms with van der Waals surface area (Å²) in [5, 5.41) is 0. The van der Waals surface area contributed by atoms with Crippen molar-refractivity contribution < 1.29 is 22.0 Å². The topological polar surface area (TPSA) is 89.0 Å². The molecule has 4 rings (SSSR count). The van der Waals surface area contributed by atoms with E-state index in [9.17, 15) is 17.6 Å². The number of rotatable bonds is 8. The SMILES string of the molecule is O=C(c1ccc2ncc(-c3ccc(F)cc3)nc2c1)c1cccc(CCCN[SH](=O)=O)c1F. The van der Waals surface area contributed by atoms with Gasteiger partial charge in [-0.15, -0.1) is 0 Å². The lowest BCUT2D eigenvalue weighted by atomic mass is 9.98. The Bertz CT molecular complexity index is 1400. The van der Waals surface area contributed by atoms with Gasteiger partial charge in [0, 0.05) is 17.7 Å². The van der Waals surface area contributed by atoms with E-state index in [4.69, 9.17) is 0 Å². The second-order valence-corrected chi connectivity index (χ2v) is 8.17. The highest BCUT2D eigenvalue weighted by Crippen LogP contribution is 2.23. The van der Waals surface area contributed by atoms with Crippen LogP contribution in [0.2, 0.25) is 0 Å². The van der Waals surface area contributed by atoms with Crippen molar-refractivity contribution >= 4 is 27.7 Å². The van der Waals surface area contributed by atoms with Crippen molar-refractivity contribution in [3.63, 3.8) is 0 Å². The maximum Gasteiger partial charge on any atom is 0.201 e. The molecule has 0 bridgehead atoms. The summed E-state index contributed by atoms with van der Waals surface area (Å²) in [5.41, 5.74) is 2.74. The van der Waals surface area contributed by atoms with Gasteiger partial charge in [-0.2, -0.15) is 0 Å². The van der Waals surface area contributed by atoms with E-state index in [1.807, 2.05) is 0 Å². The molecule has 0 amide bonds. The van der Waals surface area contributed by atoms with Crippen molar-refractivity contribution in [3.8, 4) is 11.3 Å². The van der Waals surface area contributed by atoms with Gasteiger partial charge in [0.05, 0.1) is 28.5 Å². The van der Waals surface area contributed by atoms with E-state index in [2.05, 4.69) is 14.7 Å². The molecule has 0 radical (unpaired) electrons. The number of aryl methyl sites for hydroxylation is 1. The maximum absolute atomic E-state index is 15.0.